The Kier molecular flexibility index (Phi) is 3.49. The van der Waals surface area contributed by atoms with E-state index in [0.29, 0.717) is 16.0 Å². The average molecular weight is 316 g/mol. The largest absolute Gasteiger partial charge is 0.476 e. The molecule has 2 rings (SSSR count). The lowest BCUT2D eigenvalue weighted by Gasteiger charge is -2.03. The minimum Gasteiger partial charge on any atom is -0.476 e. The van der Waals surface area contributed by atoms with Gasteiger partial charge in [0, 0.05) is 11.2 Å². The molecule has 1 N–H and O–H groups in total. The number of hydrogen-bond acceptors (Lipinski definition) is 2. The van der Waals surface area contributed by atoms with Crippen LogP contribution in [0.4, 0.5) is 0 Å². The maximum absolute atomic E-state index is 10.8. The molecule has 0 fully saturated rings. The van der Waals surface area contributed by atoms with E-state index in [2.05, 4.69) is 21.0 Å². The smallest absolute Gasteiger partial charge is 0.357 e. The van der Waals surface area contributed by atoms with Crippen molar-refractivity contribution in [3.8, 4) is 0 Å². The first kappa shape index (κ1) is 12.1. The summed E-state index contributed by atoms with van der Waals surface area (Å²) in [5, 5.41) is 13.5. The van der Waals surface area contributed by atoms with E-state index in [0.717, 1.165) is 5.56 Å². The zero-order valence-electron chi connectivity index (χ0n) is 8.60. The molecule has 0 unspecified atom stereocenters. The summed E-state index contributed by atoms with van der Waals surface area (Å²) in [4.78, 5) is 10.8. The van der Waals surface area contributed by atoms with Gasteiger partial charge in [0.05, 0.1) is 11.0 Å². The highest BCUT2D eigenvalue weighted by atomic mass is 79.9. The van der Waals surface area contributed by atoms with Gasteiger partial charge in [0.15, 0.2) is 5.69 Å². The Hall–Kier alpha value is -1.33. The molecule has 2 aromatic rings. The highest BCUT2D eigenvalue weighted by molar-refractivity contribution is 9.10. The number of benzene rings is 1. The molecule has 0 saturated carbocycles. The third-order valence-electron chi connectivity index (χ3n) is 2.21. The van der Waals surface area contributed by atoms with Crippen molar-refractivity contribution in [1.29, 1.82) is 0 Å². The highest BCUT2D eigenvalue weighted by Crippen LogP contribution is 2.19. The molecule has 1 aromatic heterocycles. The van der Waals surface area contributed by atoms with E-state index in [1.807, 2.05) is 18.2 Å². The van der Waals surface area contributed by atoms with Crippen molar-refractivity contribution in [1.82, 2.24) is 9.78 Å². The molecule has 0 bridgehead atoms. The Morgan fingerprint density at radius 3 is 2.76 bits per heavy atom. The molecule has 0 spiro atoms. The minimum absolute atomic E-state index is 0.00273. The number of carboxylic acid groups (broad SMARTS) is 1. The summed E-state index contributed by atoms with van der Waals surface area (Å²) in [6.07, 6.45) is 1.62. The number of carboxylic acids is 1. The van der Waals surface area contributed by atoms with Crippen molar-refractivity contribution < 1.29 is 9.90 Å². The molecule has 4 nitrogen and oxygen atoms in total. The van der Waals surface area contributed by atoms with Crippen molar-refractivity contribution in [2.75, 3.05) is 0 Å². The monoisotopic (exact) mass is 314 g/mol. The number of aromatic carboxylic acids is 1. The summed E-state index contributed by atoms with van der Waals surface area (Å²) in [5.74, 6) is -1.06. The van der Waals surface area contributed by atoms with Crippen molar-refractivity contribution in [3.05, 3.63) is 51.2 Å². The number of aromatic nitrogens is 2. The van der Waals surface area contributed by atoms with Crippen molar-refractivity contribution >= 4 is 33.5 Å². The first-order chi connectivity index (χ1) is 8.08. The van der Waals surface area contributed by atoms with Crippen LogP contribution in [0.15, 0.2) is 34.9 Å². The number of nitrogens with zero attached hydrogens (tertiary/aromatic N) is 2. The molecule has 0 saturated heterocycles. The van der Waals surface area contributed by atoms with Gasteiger partial charge in [-0.3, -0.25) is 4.68 Å². The van der Waals surface area contributed by atoms with E-state index < -0.39 is 5.97 Å². The lowest BCUT2D eigenvalue weighted by atomic mass is 10.2. The van der Waals surface area contributed by atoms with E-state index in [9.17, 15) is 4.79 Å². The molecule has 0 amide bonds. The van der Waals surface area contributed by atoms with E-state index in [1.165, 1.54) is 4.68 Å². The molecule has 1 heterocycles. The fourth-order valence-corrected chi connectivity index (χ4v) is 2.10. The summed E-state index contributed by atoms with van der Waals surface area (Å²) >= 11 is 9.17. The van der Waals surface area contributed by atoms with E-state index in [-0.39, 0.29) is 5.69 Å². The van der Waals surface area contributed by atoms with Gasteiger partial charge in [0.25, 0.3) is 0 Å². The van der Waals surface area contributed by atoms with Gasteiger partial charge in [-0.2, -0.15) is 5.10 Å². The summed E-state index contributed by atoms with van der Waals surface area (Å²) < 4.78 is 1.99. The molecule has 17 heavy (non-hydrogen) atoms. The zero-order valence-corrected chi connectivity index (χ0v) is 10.9. The van der Waals surface area contributed by atoms with Crippen LogP contribution in [0.25, 0.3) is 0 Å². The summed E-state index contributed by atoms with van der Waals surface area (Å²) in [5.41, 5.74) is 0.887. The first-order valence-electron chi connectivity index (χ1n) is 4.77. The van der Waals surface area contributed by atoms with Crippen LogP contribution < -0.4 is 0 Å². The Labute approximate surface area is 111 Å². The molecular weight excluding hydrogens is 307 g/mol. The minimum atomic E-state index is -1.06. The fraction of sp³-hybridized carbons (Fsp3) is 0.0909. The maximum Gasteiger partial charge on any atom is 0.357 e. The number of halogens is 2. The van der Waals surface area contributed by atoms with Gasteiger partial charge in [-0.1, -0.05) is 29.8 Å². The molecular formula is C11H8BrClN2O2. The van der Waals surface area contributed by atoms with Crippen LogP contribution in [0, 0.1) is 0 Å². The Balaban J connectivity index is 2.28. The number of rotatable bonds is 3. The van der Waals surface area contributed by atoms with Gasteiger partial charge in [-0.25, -0.2) is 4.79 Å². The van der Waals surface area contributed by atoms with Crippen molar-refractivity contribution in [2.45, 2.75) is 6.54 Å². The van der Waals surface area contributed by atoms with Crippen LogP contribution in [0.1, 0.15) is 16.1 Å². The topological polar surface area (TPSA) is 55.1 Å². The molecule has 88 valence electrons. The zero-order chi connectivity index (χ0) is 12.4. The van der Waals surface area contributed by atoms with Crippen LogP contribution in [0.3, 0.4) is 0 Å². The lowest BCUT2D eigenvalue weighted by Crippen LogP contribution is -2.04. The lowest BCUT2D eigenvalue weighted by molar-refractivity contribution is 0.0688. The SMILES string of the molecule is O=C(O)c1nn(Cc2ccccc2Cl)cc1Br. The predicted molar refractivity (Wildman–Crippen MR) is 67.4 cm³/mol. The maximum atomic E-state index is 10.8. The second kappa shape index (κ2) is 4.89. The Morgan fingerprint density at radius 2 is 2.18 bits per heavy atom. The van der Waals surface area contributed by atoms with E-state index in [4.69, 9.17) is 16.7 Å². The average Bonchev–Trinajstić information content (AvgIpc) is 2.63. The van der Waals surface area contributed by atoms with E-state index >= 15 is 0 Å². The van der Waals surface area contributed by atoms with Crippen LogP contribution in [0.2, 0.25) is 5.02 Å². The van der Waals surface area contributed by atoms with Gasteiger partial charge in [-0.05, 0) is 27.6 Å². The Morgan fingerprint density at radius 1 is 1.47 bits per heavy atom. The summed E-state index contributed by atoms with van der Waals surface area (Å²) in [7, 11) is 0. The van der Waals surface area contributed by atoms with Gasteiger partial charge < -0.3 is 5.11 Å². The summed E-state index contributed by atoms with van der Waals surface area (Å²) in [6.45, 7) is 0.436. The fourth-order valence-electron chi connectivity index (χ4n) is 1.42. The molecule has 0 atom stereocenters. The third-order valence-corrected chi connectivity index (χ3v) is 3.16. The standard InChI is InChI=1S/C11H8BrClN2O2/c12-8-6-15(14-10(8)11(16)17)5-7-3-1-2-4-9(7)13/h1-4,6H,5H2,(H,16,17). The van der Waals surface area contributed by atoms with Gasteiger partial charge in [-0.15, -0.1) is 0 Å². The molecule has 0 aliphatic rings. The molecule has 0 aliphatic heterocycles. The van der Waals surface area contributed by atoms with E-state index in [1.54, 1.807) is 12.3 Å². The van der Waals surface area contributed by atoms with Crippen molar-refractivity contribution in [3.63, 3.8) is 0 Å². The molecule has 0 aliphatic carbocycles. The number of hydrogen-bond donors (Lipinski definition) is 1. The third kappa shape index (κ3) is 2.68. The Bertz CT molecular complexity index is 568. The second-order valence-electron chi connectivity index (χ2n) is 3.42. The highest BCUT2D eigenvalue weighted by Gasteiger charge is 2.13. The van der Waals surface area contributed by atoms with Crippen LogP contribution in [0.5, 0.6) is 0 Å². The van der Waals surface area contributed by atoms with Gasteiger partial charge >= 0.3 is 5.97 Å². The second-order valence-corrected chi connectivity index (χ2v) is 4.68. The first-order valence-corrected chi connectivity index (χ1v) is 5.94. The summed E-state index contributed by atoms with van der Waals surface area (Å²) in [6, 6.07) is 7.37. The predicted octanol–water partition coefficient (Wildman–Crippen LogP) is 3.05. The van der Waals surface area contributed by atoms with Gasteiger partial charge in [0.2, 0.25) is 0 Å². The number of carbonyl (C=O) groups is 1. The van der Waals surface area contributed by atoms with Crippen LogP contribution in [-0.4, -0.2) is 20.9 Å². The van der Waals surface area contributed by atoms with Gasteiger partial charge in [0.1, 0.15) is 0 Å². The van der Waals surface area contributed by atoms with Crippen molar-refractivity contribution in [2.24, 2.45) is 0 Å². The molecule has 0 radical (unpaired) electrons. The molecule has 6 heteroatoms. The van der Waals surface area contributed by atoms with Crippen LogP contribution >= 0.6 is 27.5 Å². The molecule has 1 aromatic carbocycles. The quantitative estimate of drug-likeness (QED) is 0.947. The normalized spacial score (nSPS) is 10.5. The van der Waals surface area contributed by atoms with Crippen LogP contribution in [-0.2, 0) is 6.54 Å².